The van der Waals surface area contributed by atoms with Crippen molar-refractivity contribution in [1.29, 1.82) is 0 Å². The van der Waals surface area contributed by atoms with E-state index in [0.717, 1.165) is 23.7 Å². The molecule has 0 saturated heterocycles. The van der Waals surface area contributed by atoms with Crippen molar-refractivity contribution in [2.24, 2.45) is 0 Å². The van der Waals surface area contributed by atoms with Gasteiger partial charge in [0.05, 0.1) is 5.52 Å². The van der Waals surface area contributed by atoms with Crippen LogP contribution in [-0.2, 0) is 17.6 Å². The first-order valence-electron chi connectivity index (χ1n) is 8.37. The molecular weight excluding hydrogens is 296 g/mol. The third-order valence-corrected chi connectivity index (χ3v) is 4.19. The Labute approximate surface area is 142 Å². The number of aromatic nitrogens is 1. The number of benzene rings is 2. The monoisotopic (exact) mass is 318 g/mol. The fourth-order valence-corrected chi connectivity index (χ4v) is 2.81. The van der Waals surface area contributed by atoms with Gasteiger partial charge < -0.3 is 5.32 Å². The average Bonchev–Trinajstić information content (AvgIpc) is 2.61. The topological polar surface area (TPSA) is 42.0 Å². The number of pyridine rings is 1. The number of aryl methyl sites for hydroxylation is 2. The molecule has 1 aromatic heterocycles. The van der Waals surface area contributed by atoms with Crippen molar-refractivity contribution in [1.82, 2.24) is 10.3 Å². The quantitative estimate of drug-likeness (QED) is 0.750. The molecule has 0 saturated carbocycles. The van der Waals surface area contributed by atoms with Gasteiger partial charge in [0.25, 0.3) is 0 Å². The third kappa shape index (κ3) is 4.19. The van der Waals surface area contributed by atoms with Crippen LogP contribution in [0.4, 0.5) is 0 Å². The maximum atomic E-state index is 12.0. The highest BCUT2D eigenvalue weighted by Crippen LogP contribution is 2.16. The summed E-state index contributed by atoms with van der Waals surface area (Å²) >= 11 is 0. The number of carbonyl (C=O) groups is 1. The fourth-order valence-electron chi connectivity index (χ4n) is 2.81. The molecule has 0 unspecified atom stereocenters. The third-order valence-electron chi connectivity index (χ3n) is 4.19. The largest absolute Gasteiger partial charge is 0.356 e. The van der Waals surface area contributed by atoms with Crippen LogP contribution in [0.1, 0.15) is 23.1 Å². The number of hydrogen-bond acceptors (Lipinski definition) is 2. The zero-order valence-corrected chi connectivity index (χ0v) is 14.0. The highest BCUT2D eigenvalue weighted by atomic mass is 16.1. The molecule has 3 nitrogen and oxygen atoms in total. The Bertz CT molecular complexity index is 819. The van der Waals surface area contributed by atoms with Crippen LogP contribution in [0, 0.1) is 6.92 Å². The molecule has 0 fully saturated rings. The van der Waals surface area contributed by atoms with Gasteiger partial charge in [0, 0.05) is 24.5 Å². The summed E-state index contributed by atoms with van der Waals surface area (Å²) < 4.78 is 0. The summed E-state index contributed by atoms with van der Waals surface area (Å²) in [5, 5.41) is 4.15. The Hall–Kier alpha value is -2.68. The minimum atomic E-state index is 0.101. The molecular formula is C21H22N2O. The summed E-state index contributed by atoms with van der Waals surface area (Å²) in [6, 6.07) is 18.5. The molecule has 0 radical (unpaired) electrons. The lowest BCUT2D eigenvalue weighted by Crippen LogP contribution is -2.25. The van der Waals surface area contributed by atoms with Crippen LogP contribution in [0.2, 0.25) is 0 Å². The lowest BCUT2D eigenvalue weighted by molar-refractivity contribution is -0.121. The molecule has 3 aromatic rings. The first kappa shape index (κ1) is 16.2. The van der Waals surface area contributed by atoms with E-state index in [0.29, 0.717) is 13.0 Å². The second-order valence-electron chi connectivity index (χ2n) is 6.08. The van der Waals surface area contributed by atoms with Gasteiger partial charge in [0.2, 0.25) is 5.91 Å². The number of nitrogens with one attached hydrogen (secondary N) is 1. The maximum Gasteiger partial charge on any atom is 0.220 e. The minimum Gasteiger partial charge on any atom is -0.356 e. The average molecular weight is 318 g/mol. The van der Waals surface area contributed by atoms with Crippen molar-refractivity contribution >= 4 is 16.8 Å². The van der Waals surface area contributed by atoms with Crippen LogP contribution in [-0.4, -0.2) is 17.4 Å². The van der Waals surface area contributed by atoms with Crippen molar-refractivity contribution in [3.63, 3.8) is 0 Å². The molecule has 24 heavy (non-hydrogen) atoms. The Morgan fingerprint density at radius 2 is 1.79 bits per heavy atom. The first-order valence-corrected chi connectivity index (χ1v) is 8.37. The summed E-state index contributed by atoms with van der Waals surface area (Å²) in [4.78, 5) is 16.5. The molecule has 3 heteroatoms. The molecule has 0 spiro atoms. The Kier molecular flexibility index (Phi) is 5.22. The predicted molar refractivity (Wildman–Crippen MR) is 98.0 cm³/mol. The lowest BCUT2D eigenvalue weighted by Gasteiger charge is -2.08. The molecule has 122 valence electrons. The van der Waals surface area contributed by atoms with E-state index in [1.165, 1.54) is 16.7 Å². The van der Waals surface area contributed by atoms with Gasteiger partial charge in [0.15, 0.2) is 0 Å². The molecule has 1 amide bonds. The molecule has 0 bridgehead atoms. The van der Waals surface area contributed by atoms with E-state index in [4.69, 9.17) is 0 Å². The summed E-state index contributed by atoms with van der Waals surface area (Å²) in [5.41, 5.74) is 4.64. The van der Waals surface area contributed by atoms with Crippen molar-refractivity contribution < 1.29 is 4.79 Å². The van der Waals surface area contributed by atoms with E-state index in [1.807, 2.05) is 18.3 Å². The maximum absolute atomic E-state index is 12.0. The van der Waals surface area contributed by atoms with E-state index in [-0.39, 0.29) is 5.91 Å². The molecule has 0 aliphatic carbocycles. The van der Waals surface area contributed by atoms with Crippen LogP contribution in [0.15, 0.2) is 60.8 Å². The number of rotatable bonds is 6. The smallest absolute Gasteiger partial charge is 0.220 e. The summed E-state index contributed by atoms with van der Waals surface area (Å²) in [7, 11) is 0. The highest BCUT2D eigenvalue weighted by molar-refractivity contribution is 5.81. The molecule has 1 heterocycles. The standard InChI is InChI=1S/C21H22N2O/c1-16-7-9-17(10-8-16)11-12-20(24)22-15-13-19-5-2-4-18-6-3-14-23-21(18)19/h2-10,14H,11-13,15H2,1H3,(H,22,24). The second kappa shape index (κ2) is 7.73. The van der Waals surface area contributed by atoms with Crippen LogP contribution in [0.5, 0.6) is 0 Å². The van der Waals surface area contributed by atoms with Gasteiger partial charge in [-0.3, -0.25) is 9.78 Å². The molecule has 2 aromatic carbocycles. The predicted octanol–water partition coefficient (Wildman–Crippen LogP) is 3.83. The highest BCUT2D eigenvalue weighted by Gasteiger charge is 2.04. The first-order chi connectivity index (χ1) is 11.7. The number of para-hydroxylation sites is 1. The molecule has 0 aliphatic rings. The fraction of sp³-hybridized carbons (Fsp3) is 0.238. The van der Waals surface area contributed by atoms with Gasteiger partial charge in [-0.2, -0.15) is 0 Å². The number of amides is 1. The Morgan fingerprint density at radius 3 is 2.62 bits per heavy atom. The number of fused-ring (bicyclic) bond motifs is 1. The molecule has 3 rings (SSSR count). The summed E-state index contributed by atoms with van der Waals surface area (Å²) in [6.07, 6.45) is 3.91. The van der Waals surface area contributed by atoms with Crippen LogP contribution in [0.3, 0.4) is 0 Å². The Morgan fingerprint density at radius 1 is 1.00 bits per heavy atom. The van der Waals surface area contributed by atoms with Gasteiger partial charge in [-0.15, -0.1) is 0 Å². The van der Waals surface area contributed by atoms with Crippen molar-refractivity contribution in [2.45, 2.75) is 26.2 Å². The van der Waals surface area contributed by atoms with Crippen LogP contribution < -0.4 is 5.32 Å². The van der Waals surface area contributed by atoms with Gasteiger partial charge in [-0.25, -0.2) is 0 Å². The van der Waals surface area contributed by atoms with E-state index in [9.17, 15) is 4.79 Å². The van der Waals surface area contributed by atoms with Crippen LogP contribution >= 0.6 is 0 Å². The van der Waals surface area contributed by atoms with E-state index < -0.39 is 0 Å². The van der Waals surface area contributed by atoms with Crippen LogP contribution in [0.25, 0.3) is 10.9 Å². The second-order valence-corrected chi connectivity index (χ2v) is 6.08. The van der Waals surface area contributed by atoms with Gasteiger partial charge in [-0.1, -0.05) is 54.1 Å². The summed E-state index contributed by atoms with van der Waals surface area (Å²) in [5.74, 6) is 0.101. The normalized spacial score (nSPS) is 10.7. The van der Waals surface area contributed by atoms with E-state index >= 15 is 0 Å². The van der Waals surface area contributed by atoms with Gasteiger partial charge in [0.1, 0.15) is 0 Å². The lowest BCUT2D eigenvalue weighted by atomic mass is 10.1. The number of nitrogens with zero attached hydrogens (tertiary/aromatic N) is 1. The van der Waals surface area contributed by atoms with Crippen molar-refractivity contribution in [3.05, 3.63) is 77.5 Å². The molecule has 1 N–H and O–H groups in total. The van der Waals surface area contributed by atoms with E-state index in [1.54, 1.807) is 0 Å². The zero-order valence-electron chi connectivity index (χ0n) is 14.0. The minimum absolute atomic E-state index is 0.101. The van der Waals surface area contributed by atoms with E-state index in [2.05, 4.69) is 59.7 Å². The summed E-state index contributed by atoms with van der Waals surface area (Å²) in [6.45, 7) is 2.71. The molecule has 0 aliphatic heterocycles. The Balaban J connectivity index is 1.48. The zero-order chi connectivity index (χ0) is 16.8. The number of carbonyl (C=O) groups excluding carboxylic acids is 1. The number of hydrogen-bond donors (Lipinski definition) is 1. The van der Waals surface area contributed by atoms with Crippen molar-refractivity contribution in [3.8, 4) is 0 Å². The van der Waals surface area contributed by atoms with Gasteiger partial charge >= 0.3 is 0 Å². The van der Waals surface area contributed by atoms with Gasteiger partial charge in [-0.05, 0) is 37.0 Å². The van der Waals surface area contributed by atoms with Crippen molar-refractivity contribution in [2.75, 3.05) is 6.54 Å². The molecule has 0 atom stereocenters. The SMILES string of the molecule is Cc1ccc(CCC(=O)NCCc2cccc3cccnc23)cc1.